The van der Waals surface area contributed by atoms with E-state index in [0.717, 1.165) is 33.7 Å². The van der Waals surface area contributed by atoms with Crippen LogP contribution in [-0.2, 0) is 4.79 Å². The second kappa shape index (κ2) is 9.25. The number of carbonyl (C=O) groups excluding carboxylic acids is 1. The first kappa shape index (κ1) is 24.0. The van der Waals surface area contributed by atoms with E-state index >= 15 is 0 Å². The fourth-order valence-corrected chi connectivity index (χ4v) is 4.93. The van der Waals surface area contributed by atoms with E-state index in [1.165, 1.54) is 16.7 Å². The number of fused-ring (bicyclic) bond motifs is 1. The Morgan fingerprint density at radius 2 is 1.71 bits per heavy atom. The van der Waals surface area contributed by atoms with Crippen molar-refractivity contribution in [3.63, 3.8) is 0 Å². The summed E-state index contributed by atoms with van der Waals surface area (Å²) >= 11 is 0. The predicted molar refractivity (Wildman–Crippen MR) is 140 cm³/mol. The highest BCUT2D eigenvalue weighted by Crippen LogP contribution is 2.50. The van der Waals surface area contributed by atoms with Crippen LogP contribution in [0, 0.1) is 19.3 Å². The zero-order valence-corrected chi connectivity index (χ0v) is 21.5. The Hall–Kier alpha value is -3.14. The second-order valence-electron chi connectivity index (χ2n) is 10.9. The number of nitrogens with zero attached hydrogens (tertiary/aromatic N) is 1. The molecule has 4 heteroatoms. The summed E-state index contributed by atoms with van der Waals surface area (Å²) in [6, 6.07) is 12.9. The molecule has 2 heterocycles. The van der Waals surface area contributed by atoms with Gasteiger partial charge in [0.25, 0.3) is 0 Å². The van der Waals surface area contributed by atoms with Crippen LogP contribution in [-0.4, -0.2) is 17.5 Å². The molecule has 0 bridgehead atoms. The van der Waals surface area contributed by atoms with Gasteiger partial charge in [-0.05, 0) is 65.1 Å². The van der Waals surface area contributed by atoms with Crippen molar-refractivity contribution >= 4 is 11.6 Å². The van der Waals surface area contributed by atoms with Gasteiger partial charge in [-0.25, -0.2) is 0 Å². The molecule has 0 spiro atoms. The van der Waals surface area contributed by atoms with Gasteiger partial charge in [0.05, 0.1) is 6.61 Å². The van der Waals surface area contributed by atoms with Crippen LogP contribution >= 0.6 is 0 Å². The maximum Gasteiger partial charge on any atom is 0.224 e. The van der Waals surface area contributed by atoms with Gasteiger partial charge in [-0.15, -0.1) is 0 Å². The number of anilines is 1. The van der Waals surface area contributed by atoms with Gasteiger partial charge in [0, 0.05) is 41.5 Å². The minimum Gasteiger partial charge on any atom is -0.492 e. The summed E-state index contributed by atoms with van der Waals surface area (Å²) in [4.78, 5) is 17.2. The van der Waals surface area contributed by atoms with E-state index in [-0.39, 0.29) is 17.2 Å². The minimum absolute atomic E-state index is 0.0380. The molecule has 178 valence electrons. The van der Waals surface area contributed by atoms with Crippen LogP contribution in [0.2, 0.25) is 0 Å². The van der Waals surface area contributed by atoms with E-state index in [2.05, 4.69) is 83.0 Å². The zero-order valence-electron chi connectivity index (χ0n) is 21.5. The van der Waals surface area contributed by atoms with Crippen LogP contribution in [0.3, 0.4) is 0 Å². The molecule has 0 radical (unpaired) electrons. The molecule has 1 aromatic heterocycles. The summed E-state index contributed by atoms with van der Waals surface area (Å²) in [5.41, 5.74) is 8.75. The number of amides is 1. The average molecular weight is 457 g/mol. The molecule has 4 nitrogen and oxygen atoms in total. The fraction of sp³-hybridized carbons (Fsp3) is 0.400. The van der Waals surface area contributed by atoms with Gasteiger partial charge in [0.1, 0.15) is 5.75 Å². The third-order valence-electron chi connectivity index (χ3n) is 6.67. The van der Waals surface area contributed by atoms with Gasteiger partial charge in [0.2, 0.25) is 5.91 Å². The summed E-state index contributed by atoms with van der Waals surface area (Å²) in [5.74, 6) is 1.58. The SMILES string of the molecule is Cc1c(NC(=O)CC(C)(C)C)c(C)c2c(c1-c1ccncc1)OCC2c1ccc(C(C)C)cc1. The molecule has 1 amide bonds. The lowest BCUT2D eigenvalue weighted by atomic mass is 9.84. The minimum atomic E-state index is -0.0830. The highest BCUT2D eigenvalue weighted by atomic mass is 16.5. The number of hydrogen-bond donors (Lipinski definition) is 1. The van der Waals surface area contributed by atoms with Crippen molar-refractivity contribution in [3.05, 3.63) is 76.6 Å². The number of rotatable bonds is 5. The molecule has 0 saturated heterocycles. The predicted octanol–water partition coefficient (Wildman–Crippen LogP) is 7.39. The molecule has 1 atom stereocenters. The molecule has 2 aromatic carbocycles. The van der Waals surface area contributed by atoms with Crippen molar-refractivity contribution in [2.75, 3.05) is 11.9 Å². The summed E-state index contributed by atoms with van der Waals surface area (Å²) in [7, 11) is 0. The Morgan fingerprint density at radius 1 is 1.06 bits per heavy atom. The standard InChI is InChI=1S/C30H36N2O2/c1-18(2)21-8-10-22(11-9-21)24-17-34-29-26(23-12-14-31-15-13-23)19(3)28(20(4)27(24)29)32-25(33)16-30(5,6)7/h8-15,18,24H,16-17H2,1-7H3,(H,32,33). The maximum atomic E-state index is 13.0. The molecule has 0 saturated carbocycles. The van der Waals surface area contributed by atoms with Gasteiger partial charge < -0.3 is 10.1 Å². The van der Waals surface area contributed by atoms with E-state index in [1.54, 1.807) is 12.4 Å². The number of benzene rings is 2. The molecule has 1 unspecified atom stereocenters. The number of nitrogens with one attached hydrogen (secondary N) is 1. The highest BCUT2D eigenvalue weighted by Gasteiger charge is 2.34. The van der Waals surface area contributed by atoms with Crippen molar-refractivity contribution in [2.24, 2.45) is 5.41 Å². The molecule has 34 heavy (non-hydrogen) atoms. The largest absolute Gasteiger partial charge is 0.492 e. The zero-order chi connectivity index (χ0) is 24.6. The van der Waals surface area contributed by atoms with Gasteiger partial charge >= 0.3 is 0 Å². The van der Waals surface area contributed by atoms with Crippen molar-refractivity contribution in [2.45, 2.75) is 66.7 Å². The van der Waals surface area contributed by atoms with E-state index in [4.69, 9.17) is 4.74 Å². The van der Waals surface area contributed by atoms with E-state index in [0.29, 0.717) is 18.9 Å². The van der Waals surface area contributed by atoms with Crippen molar-refractivity contribution in [3.8, 4) is 16.9 Å². The molecule has 1 N–H and O–H groups in total. The van der Waals surface area contributed by atoms with Gasteiger partial charge in [-0.1, -0.05) is 58.9 Å². The molecule has 0 aliphatic carbocycles. The van der Waals surface area contributed by atoms with E-state index < -0.39 is 0 Å². The number of ether oxygens (including phenoxy) is 1. The van der Waals surface area contributed by atoms with Crippen LogP contribution in [0.1, 0.15) is 80.7 Å². The topological polar surface area (TPSA) is 51.2 Å². The van der Waals surface area contributed by atoms with Gasteiger partial charge in [0.15, 0.2) is 0 Å². The second-order valence-corrected chi connectivity index (χ2v) is 10.9. The Labute approximate surface area is 203 Å². The van der Waals surface area contributed by atoms with Crippen LogP contribution in [0.5, 0.6) is 5.75 Å². The van der Waals surface area contributed by atoms with Crippen LogP contribution < -0.4 is 10.1 Å². The smallest absolute Gasteiger partial charge is 0.224 e. The quantitative estimate of drug-likeness (QED) is 0.435. The first-order valence-corrected chi connectivity index (χ1v) is 12.2. The summed E-state index contributed by atoms with van der Waals surface area (Å²) in [6.45, 7) is 15.5. The Kier molecular flexibility index (Phi) is 6.53. The van der Waals surface area contributed by atoms with Crippen LogP contribution in [0.4, 0.5) is 5.69 Å². The van der Waals surface area contributed by atoms with Gasteiger partial charge in [-0.3, -0.25) is 9.78 Å². The maximum absolute atomic E-state index is 13.0. The lowest BCUT2D eigenvalue weighted by Gasteiger charge is -2.23. The van der Waals surface area contributed by atoms with Crippen molar-refractivity contribution in [1.29, 1.82) is 0 Å². The highest BCUT2D eigenvalue weighted by molar-refractivity contribution is 5.96. The number of hydrogen-bond acceptors (Lipinski definition) is 3. The van der Waals surface area contributed by atoms with Gasteiger partial charge in [-0.2, -0.15) is 0 Å². The monoisotopic (exact) mass is 456 g/mol. The molecule has 3 aromatic rings. The average Bonchev–Trinajstić information content (AvgIpc) is 3.21. The normalized spacial score (nSPS) is 15.2. The van der Waals surface area contributed by atoms with E-state index in [1.807, 2.05) is 12.1 Å². The first-order valence-electron chi connectivity index (χ1n) is 12.2. The van der Waals surface area contributed by atoms with Crippen molar-refractivity contribution in [1.82, 2.24) is 4.98 Å². The van der Waals surface area contributed by atoms with Crippen LogP contribution in [0.25, 0.3) is 11.1 Å². The number of pyridine rings is 1. The number of carbonyl (C=O) groups is 1. The molecule has 1 aliphatic rings. The van der Waals surface area contributed by atoms with E-state index in [9.17, 15) is 4.79 Å². The van der Waals surface area contributed by atoms with Crippen molar-refractivity contribution < 1.29 is 9.53 Å². The lowest BCUT2D eigenvalue weighted by molar-refractivity contribution is -0.117. The molecule has 1 aliphatic heterocycles. The molecular formula is C30H36N2O2. The number of aromatic nitrogens is 1. The molecule has 0 fully saturated rings. The third kappa shape index (κ3) is 4.72. The Bertz CT molecular complexity index is 1190. The first-order chi connectivity index (χ1) is 16.1. The lowest BCUT2D eigenvalue weighted by Crippen LogP contribution is -2.21. The summed E-state index contributed by atoms with van der Waals surface area (Å²) < 4.78 is 6.40. The Morgan fingerprint density at radius 3 is 2.29 bits per heavy atom. The molecular weight excluding hydrogens is 420 g/mol. The molecule has 4 rings (SSSR count). The Balaban J connectivity index is 1.86. The summed E-state index contributed by atoms with van der Waals surface area (Å²) in [6.07, 6.45) is 4.07. The third-order valence-corrected chi connectivity index (χ3v) is 6.67. The fourth-order valence-electron chi connectivity index (χ4n) is 4.93. The summed E-state index contributed by atoms with van der Waals surface area (Å²) in [5, 5.41) is 3.26. The van der Waals surface area contributed by atoms with Crippen LogP contribution in [0.15, 0.2) is 48.8 Å².